The van der Waals surface area contributed by atoms with Gasteiger partial charge in [0.1, 0.15) is 5.78 Å². The largest absolute Gasteiger partial charge is 3.00 e. The van der Waals surface area contributed by atoms with Crippen molar-refractivity contribution in [1.29, 1.82) is 0 Å². The van der Waals surface area contributed by atoms with Crippen molar-refractivity contribution in [3.63, 3.8) is 0 Å². The predicted octanol–water partition coefficient (Wildman–Crippen LogP) is 4.50. The topological polar surface area (TPSA) is 103 Å². The molecule has 198 valence electrons. The molecule has 0 saturated carbocycles. The molecule has 0 aromatic carbocycles. The van der Waals surface area contributed by atoms with Gasteiger partial charge in [-0.3, -0.25) is 4.79 Å². The van der Waals surface area contributed by atoms with Gasteiger partial charge in [-0.25, -0.2) is 0 Å². The van der Waals surface area contributed by atoms with Crippen LogP contribution < -0.4 is 15.3 Å². The molecule has 34 heavy (non-hydrogen) atoms. The summed E-state index contributed by atoms with van der Waals surface area (Å²) in [4.78, 5) is 21.9. The Morgan fingerprint density at radius 2 is 1.00 bits per heavy atom. The molecule has 0 rings (SSSR count). The summed E-state index contributed by atoms with van der Waals surface area (Å²) in [5.41, 5.74) is 0. The van der Waals surface area contributed by atoms with Crippen molar-refractivity contribution in [2.75, 3.05) is 0 Å². The van der Waals surface area contributed by atoms with Crippen LogP contribution in [-0.2, 0) is 9.59 Å². The summed E-state index contributed by atoms with van der Waals surface area (Å²) < 4.78 is 0. The number of hydrogen-bond acceptors (Lipinski definition) is 5. The molecule has 0 heterocycles. The van der Waals surface area contributed by atoms with Crippen LogP contribution in [0.3, 0.4) is 0 Å². The van der Waals surface area contributed by atoms with Gasteiger partial charge in [0.05, 0.1) is 11.9 Å². The number of Topliss-reactive ketones (excluding diaryl/α,β-unsaturated/α-hetero) is 1. The smallest absolute Gasteiger partial charge is 0.852 e. The van der Waals surface area contributed by atoms with E-state index in [0.29, 0.717) is 6.42 Å². The summed E-state index contributed by atoms with van der Waals surface area (Å²) in [7, 11) is 0. The molecule has 6 heteroatoms. The number of carboxylic acid groups (broad SMARTS) is 1. The van der Waals surface area contributed by atoms with Gasteiger partial charge in [-0.05, 0) is 39.0 Å². The van der Waals surface area contributed by atoms with Gasteiger partial charge in [-0.2, -0.15) is 0 Å². The minimum atomic E-state index is -1.22. The van der Waals surface area contributed by atoms with Gasteiger partial charge >= 0.3 is 17.4 Å². The fourth-order valence-electron chi connectivity index (χ4n) is 3.08. The van der Waals surface area contributed by atoms with Gasteiger partial charge in [0.15, 0.2) is 0 Å². The molecule has 0 bridgehead atoms. The molecule has 0 radical (unpaired) electrons. The molecular weight excluding hydrogens is 443 g/mol. The summed E-state index contributed by atoms with van der Waals surface area (Å²) >= 11 is 0. The monoisotopic (exact) mass is 496 g/mol. The quantitative estimate of drug-likeness (QED) is 0.120. The fourth-order valence-corrected chi connectivity index (χ4v) is 3.08. The van der Waals surface area contributed by atoms with Crippen molar-refractivity contribution in [1.82, 2.24) is 0 Å². The first-order valence-electron chi connectivity index (χ1n) is 13.2. The normalized spacial score (nSPS) is 11.4. The van der Waals surface area contributed by atoms with E-state index in [1.165, 1.54) is 77.6 Å². The SMILES string of the molecule is CC(C)[O-].CC(C)[O-].CCCCCCCCC=CCCCCCCCCC(C(C)=O)C(=O)[O-].[Al+3]. The third-order valence-corrected chi connectivity index (χ3v) is 4.78. The van der Waals surface area contributed by atoms with E-state index in [1.807, 2.05) is 0 Å². The molecule has 0 amide bonds. The zero-order chi connectivity index (χ0) is 25.9. The molecule has 0 aliphatic heterocycles. The second kappa shape index (κ2) is 32.3. The first kappa shape index (κ1) is 40.5. The number of carbonyl (C=O) groups excluding carboxylic acids is 2. The minimum absolute atomic E-state index is 0. The Labute approximate surface area is 221 Å². The van der Waals surface area contributed by atoms with E-state index in [0.717, 1.165) is 19.3 Å². The standard InChI is InChI=1S/C22H40O3.2C3H7O.Al/c1-3-4-5-6-7-8-9-10-11-12-13-14-15-16-17-18-19-21(20(2)23)22(24)25;2*1-3(2)4;/h10-11,21H,3-9,12-19H2,1-2H3,(H,24,25);2*3H,1-2H3;/q;2*-1;+3/p-1. The molecule has 0 N–H and O–H groups in total. The first-order valence-corrected chi connectivity index (χ1v) is 13.2. The number of hydrogen-bond donors (Lipinski definition) is 0. The molecule has 0 saturated heterocycles. The van der Waals surface area contributed by atoms with Gasteiger partial charge in [0.2, 0.25) is 0 Å². The number of carboxylic acids is 1. The fraction of sp³-hybridized carbons (Fsp3) is 0.857. The van der Waals surface area contributed by atoms with Gasteiger partial charge in [0, 0.05) is 0 Å². The van der Waals surface area contributed by atoms with Crippen LogP contribution in [0.15, 0.2) is 12.2 Å². The number of ketones is 1. The molecule has 0 spiro atoms. The Hall–Kier alpha value is -0.668. The van der Waals surface area contributed by atoms with Crippen LogP contribution in [0.4, 0.5) is 0 Å². The zero-order valence-corrected chi connectivity index (χ0v) is 24.3. The molecule has 0 aromatic rings. The molecule has 1 unspecified atom stereocenters. The number of allylic oxidation sites excluding steroid dienone is 2. The van der Waals surface area contributed by atoms with Crippen LogP contribution in [0.5, 0.6) is 0 Å². The summed E-state index contributed by atoms with van der Waals surface area (Å²) in [5.74, 6) is -2.41. The van der Waals surface area contributed by atoms with Crippen molar-refractivity contribution >= 4 is 29.1 Å². The molecule has 1 atom stereocenters. The number of aliphatic carboxylic acids is 1. The average Bonchev–Trinajstić information content (AvgIpc) is 2.69. The molecule has 0 aromatic heterocycles. The number of unbranched alkanes of at least 4 members (excludes halogenated alkanes) is 12. The van der Waals surface area contributed by atoms with Crippen molar-refractivity contribution < 1.29 is 24.9 Å². The summed E-state index contributed by atoms with van der Waals surface area (Å²) in [6.45, 7) is 10.0. The van der Waals surface area contributed by atoms with Gasteiger partial charge in [0.25, 0.3) is 0 Å². The van der Waals surface area contributed by atoms with Crippen molar-refractivity contribution in [2.45, 2.75) is 150 Å². The van der Waals surface area contributed by atoms with Crippen LogP contribution in [0, 0.1) is 5.92 Å². The summed E-state index contributed by atoms with van der Waals surface area (Å²) in [6, 6.07) is 0. The number of carbonyl (C=O) groups is 2. The number of rotatable bonds is 18. The Balaban J connectivity index is -0.000000430. The van der Waals surface area contributed by atoms with Crippen LogP contribution >= 0.6 is 0 Å². The van der Waals surface area contributed by atoms with E-state index in [4.69, 9.17) is 0 Å². The summed E-state index contributed by atoms with van der Waals surface area (Å²) in [6.07, 6.45) is 21.4. The van der Waals surface area contributed by atoms with Crippen LogP contribution in [0.2, 0.25) is 0 Å². The maximum atomic E-state index is 11.1. The van der Waals surface area contributed by atoms with Crippen molar-refractivity contribution in [3.8, 4) is 0 Å². The zero-order valence-electron chi connectivity index (χ0n) is 23.1. The molecular formula is C28H53AlO5. The second-order valence-electron chi connectivity index (χ2n) is 9.31. The van der Waals surface area contributed by atoms with Gasteiger partial charge < -0.3 is 20.1 Å². The molecule has 5 nitrogen and oxygen atoms in total. The molecule has 0 aliphatic carbocycles. The van der Waals surface area contributed by atoms with Crippen molar-refractivity contribution in [2.24, 2.45) is 5.92 Å². The maximum Gasteiger partial charge on any atom is 3.00 e. The third-order valence-electron chi connectivity index (χ3n) is 4.78. The van der Waals surface area contributed by atoms with E-state index < -0.39 is 24.1 Å². The Morgan fingerprint density at radius 1 is 0.676 bits per heavy atom. The van der Waals surface area contributed by atoms with E-state index in [2.05, 4.69) is 19.1 Å². The third kappa shape index (κ3) is 44.9. The van der Waals surface area contributed by atoms with E-state index >= 15 is 0 Å². The minimum Gasteiger partial charge on any atom is -0.852 e. The van der Waals surface area contributed by atoms with E-state index in [9.17, 15) is 24.9 Å². The average molecular weight is 497 g/mol. The molecule has 0 fully saturated rings. The Bertz CT molecular complexity index is 425. The van der Waals surface area contributed by atoms with Crippen molar-refractivity contribution in [3.05, 3.63) is 12.2 Å². The van der Waals surface area contributed by atoms with E-state index in [1.54, 1.807) is 27.7 Å². The van der Waals surface area contributed by atoms with Crippen LogP contribution in [0.25, 0.3) is 0 Å². The second-order valence-corrected chi connectivity index (χ2v) is 9.31. The van der Waals surface area contributed by atoms with E-state index in [-0.39, 0.29) is 23.1 Å². The predicted molar refractivity (Wildman–Crippen MR) is 139 cm³/mol. The van der Waals surface area contributed by atoms with Gasteiger partial charge in [-0.15, -0.1) is 12.2 Å². The van der Waals surface area contributed by atoms with Crippen LogP contribution in [0.1, 0.15) is 138 Å². The maximum absolute atomic E-state index is 11.1. The first-order chi connectivity index (χ1) is 15.6. The van der Waals surface area contributed by atoms with Gasteiger partial charge in [-0.1, -0.05) is 111 Å². The molecule has 0 aliphatic rings. The Kier molecular flexibility index (Phi) is 38.5. The van der Waals surface area contributed by atoms with Crippen LogP contribution in [-0.4, -0.2) is 41.3 Å². The Morgan fingerprint density at radius 3 is 1.32 bits per heavy atom. The summed E-state index contributed by atoms with van der Waals surface area (Å²) in [5, 5.41) is 29.8.